The predicted molar refractivity (Wildman–Crippen MR) is 104 cm³/mol. The van der Waals surface area contributed by atoms with Gasteiger partial charge in [-0.3, -0.25) is 4.79 Å². The van der Waals surface area contributed by atoms with Gasteiger partial charge < -0.3 is 14.4 Å². The Morgan fingerprint density at radius 3 is 2.72 bits per heavy atom. The zero-order valence-corrected chi connectivity index (χ0v) is 16.3. The quantitative estimate of drug-likeness (QED) is 0.848. The molecule has 1 aromatic carbocycles. The molecule has 0 saturated carbocycles. The van der Waals surface area contributed by atoms with E-state index in [1.807, 2.05) is 6.07 Å². The highest BCUT2D eigenvalue weighted by molar-refractivity contribution is 5.99. The molecule has 4 heteroatoms. The third-order valence-corrected chi connectivity index (χ3v) is 5.63. The van der Waals surface area contributed by atoms with Gasteiger partial charge in [0.25, 0.3) is 5.91 Å². The summed E-state index contributed by atoms with van der Waals surface area (Å²) in [6, 6.07) is 6.22. The highest BCUT2D eigenvalue weighted by atomic mass is 16.2. The maximum Gasteiger partial charge on any atom is 0.253 e. The summed E-state index contributed by atoms with van der Waals surface area (Å²) in [5.41, 5.74) is 4.65. The van der Waals surface area contributed by atoms with Crippen molar-refractivity contribution in [1.82, 2.24) is 14.4 Å². The van der Waals surface area contributed by atoms with Gasteiger partial charge in [0.1, 0.15) is 0 Å². The lowest BCUT2D eigenvalue weighted by molar-refractivity contribution is 0.0655. The number of aryl methyl sites for hydroxylation is 2. The number of fused-ring (bicyclic) bond motifs is 1. The molecule has 136 valence electrons. The smallest absolute Gasteiger partial charge is 0.253 e. The molecule has 2 aromatic rings. The molecule has 1 aliphatic rings. The largest absolute Gasteiger partial charge is 0.345 e. The molecule has 2 heterocycles. The van der Waals surface area contributed by atoms with E-state index in [0.29, 0.717) is 5.92 Å². The van der Waals surface area contributed by atoms with Crippen LogP contribution in [0, 0.1) is 19.8 Å². The van der Waals surface area contributed by atoms with E-state index >= 15 is 0 Å². The zero-order valence-electron chi connectivity index (χ0n) is 16.3. The summed E-state index contributed by atoms with van der Waals surface area (Å²) in [5, 5.41) is 1.21. The highest BCUT2D eigenvalue weighted by Gasteiger charge is 2.25. The molecule has 0 bridgehead atoms. The molecule has 0 radical (unpaired) electrons. The van der Waals surface area contributed by atoms with Crippen LogP contribution in [-0.4, -0.2) is 54.0 Å². The van der Waals surface area contributed by atoms with Crippen molar-refractivity contribution in [2.24, 2.45) is 5.92 Å². The molecule has 1 fully saturated rings. The average Bonchev–Trinajstić information content (AvgIpc) is 2.84. The average molecular weight is 341 g/mol. The van der Waals surface area contributed by atoms with Crippen LogP contribution in [-0.2, 0) is 6.54 Å². The number of likely N-dealkylation sites (tertiary alicyclic amines) is 1. The Bertz CT molecular complexity index is 775. The summed E-state index contributed by atoms with van der Waals surface area (Å²) < 4.78 is 2.33. The van der Waals surface area contributed by atoms with Crippen molar-refractivity contribution < 1.29 is 4.79 Å². The molecule has 1 atom stereocenters. The number of aromatic nitrogens is 1. The number of carbonyl (C=O) groups excluding carboxylic acids is 1. The minimum absolute atomic E-state index is 0.187. The van der Waals surface area contributed by atoms with Gasteiger partial charge in [-0.1, -0.05) is 0 Å². The maximum absolute atomic E-state index is 13.1. The number of benzene rings is 1. The van der Waals surface area contributed by atoms with Crippen LogP contribution in [0.2, 0.25) is 0 Å². The minimum Gasteiger partial charge on any atom is -0.345 e. The van der Waals surface area contributed by atoms with Crippen molar-refractivity contribution in [2.45, 2.75) is 40.2 Å². The number of piperidine rings is 1. The van der Waals surface area contributed by atoms with E-state index in [1.165, 1.54) is 28.6 Å². The first kappa shape index (κ1) is 18.0. The zero-order chi connectivity index (χ0) is 18.1. The SMILES string of the molecule is CCn1c(C)c(C)c2cc(C(=O)N3CCC[C@H](CN(C)C)C3)ccc21. The maximum atomic E-state index is 13.1. The number of amides is 1. The van der Waals surface area contributed by atoms with Crippen molar-refractivity contribution in [3.8, 4) is 0 Å². The first-order valence-electron chi connectivity index (χ1n) is 9.45. The Labute approximate surface area is 151 Å². The van der Waals surface area contributed by atoms with Gasteiger partial charge in [0.2, 0.25) is 0 Å². The van der Waals surface area contributed by atoms with E-state index in [-0.39, 0.29) is 5.91 Å². The molecule has 0 N–H and O–H groups in total. The monoisotopic (exact) mass is 341 g/mol. The van der Waals surface area contributed by atoms with Gasteiger partial charge in [-0.15, -0.1) is 0 Å². The van der Waals surface area contributed by atoms with Crippen LogP contribution in [0.5, 0.6) is 0 Å². The van der Waals surface area contributed by atoms with Crippen LogP contribution in [0.3, 0.4) is 0 Å². The standard InChI is InChI=1S/C21H31N3O/c1-6-24-16(3)15(2)19-12-18(9-10-20(19)24)21(25)23-11-7-8-17(14-23)13-22(4)5/h9-10,12,17H,6-8,11,13-14H2,1-5H3/t17-/m1/s1. The van der Waals surface area contributed by atoms with Crippen LogP contribution in [0.4, 0.5) is 0 Å². The van der Waals surface area contributed by atoms with Gasteiger partial charge in [0.15, 0.2) is 0 Å². The van der Waals surface area contributed by atoms with Crippen molar-refractivity contribution in [2.75, 3.05) is 33.7 Å². The van der Waals surface area contributed by atoms with Crippen molar-refractivity contribution in [1.29, 1.82) is 0 Å². The van der Waals surface area contributed by atoms with Crippen molar-refractivity contribution >= 4 is 16.8 Å². The molecular weight excluding hydrogens is 310 g/mol. The molecule has 4 nitrogen and oxygen atoms in total. The Kier molecular flexibility index (Phi) is 5.19. The van der Waals surface area contributed by atoms with Crippen LogP contribution in [0.15, 0.2) is 18.2 Å². The van der Waals surface area contributed by atoms with Gasteiger partial charge in [-0.05, 0) is 77.4 Å². The Hall–Kier alpha value is -1.81. The topological polar surface area (TPSA) is 28.5 Å². The molecule has 3 rings (SSSR count). The highest BCUT2D eigenvalue weighted by Crippen LogP contribution is 2.27. The fourth-order valence-electron chi connectivity index (χ4n) is 4.29. The third kappa shape index (κ3) is 3.45. The summed E-state index contributed by atoms with van der Waals surface area (Å²) >= 11 is 0. The lowest BCUT2D eigenvalue weighted by atomic mass is 9.96. The van der Waals surface area contributed by atoms with Gasteiger partial charge >= 0.3 is 0 Å². The normalized spacial score (nSPS) is 18.3. The molecule has 25 heavy (non-hydrogen) atoms. The van der Waals surface area contributed by atoms with E-state index in [1.54, 1.807) is 0 Å². The molecule has 1 aromatic heterocycles. The van der Waals surface area contributed by atoms with Gasteiger partial charge in [-0.2, -0.15) is 0 Å². The number of nitrogens with zero attached hydrogens (tertiary/aromatic N) is 3. The third-order valence-electron chi connectivity index (χ3n) is 5.63. The first-order chi connectivity index (χ1) is 11.9. The Balaban J connectivity index is 1.86. The Morgan fingerprint density at radius 1 is 1.28 bits per heavy atom. The molecule has 1 aliphatic heterocycles. The fraction of sp³-hybridized carbons (Fsp3) is 0.571. The fourth-order valence-corrected chi connectivity index (χ4v) is 4.29. The van der Waals surface area contributed by atoms with Crippen LogP contribution in [0.25, 0.3) is 10.9 Å². The van der Waals surface area contributed by atoms with Crippen LogP contribution in [0.1, 0.15) is 41.4 Å². The van der Waals surface area contributed by atoms with Gasteiger partial charge in [0, 0.05) is 48.3 Å². The van der Waals surface area contributed by atoms with Gasteiger partial charge in [-0.25, -0.2) is 0 Å². The second kappa shape index (κ2) is 7.20. The van der Waals surface area contributed by atoms with E-state index in [4.69, 9.17) is 0 Å². The molecule has 0 spiro atoms. The predicted octanol–water partition coefficient (Wildman–Crippen LogP) is 3.69. The first-order valence-corrected chi connectivity index (χ1v) is 9.45. The van der Waals surface area contributed by atoms with Crippen molar-refractivity contribution in [3.63, 3.8) is 0 Å². The van der Waals surface area contributed by atoms with Crippen LogP contribution >= 0.6 is 0 Å². The van der Waals surface area contributed by atoms with Gasteiger partial charge in [0.05, 0.1) is 0 Å². The lowest BCUT2D eigenvalue weighted by Gasteiger charge is -2.34. The minimum atomic E-state index is 0.187. The lowest BCUT2D eigenvalue weighted by Crippen LogP contribution is -2.42. The summed E-state index contributed by atoms with van der Waals surface area (Å²) in [6.45, 7) is 10.3. The van der Waals surface area contributed by atoms with Crippen molar-refractivity contribution in [3.05, 3.63) is 35.0 Å². The number of rotatable bonds is 4. The molecular formula is C21H31N3O. The van der Waals surface area contributed by atoms with E-state index < -0.39 is 0 Å². The second-order valence-corrected chi connectivity index (χ2v) is 7.71. The van der Waals surface area contributed by atoms with E-state index in [9.17, 15) is 4.79 Å². The number of hydrogen-bond acceptors (Lipinski definition) is 2. The van der Waals surface area contributed by atoms with E-state index in [0.717, 1.165) is 38.2 Å². The summed E-state index contributed by atoms with van der Waals surface area (Å²) in [5.74, 6) is 0.772. The molecule has 0 aliphatic carbocycles. The Morgan fingerprint density at radius 2 is 2.04 bits per heavy atom. The molecule has 0 unspecified atom stereocenters. The van der Waals surface area contributed by atoms with Crippen LogP contribution < -0.4 is 0 Å². The summed E-state index contributed by atoms with van der Waals surface area (Å²) in [7, 11) is 4.22. The molecule has 1 amide bonds. The summed E-state index contributed by atoms with van der Waals surface area (Å²) in [4.78, 5) is 17.3. The number of hydrogen-bond donors (Lipinski definition) is 0. The molecule has 1 saturated heterocycles. The summed E-state index contributed by atoms with van der Waals surface area (Å²) in [6.07, 6.45) is 2.33. The van der Waals surface area contributed by atoms with E-state index in [2.05, 4.69) is 61.4 Å². The second-order valence-electron chi connectivity index (χ2n) is 7.71. The number of carbonyl (C=O) groups is 1.